The van der Waals surface area contributed by atoms with Gasteiger partial charge in [0.25, 0.3) is 0 Å². The molecule has 2 nitrogen and oxygen atoms in total. The van der Waals surface area contributed by atoms with Gasteiger partial charge in [0.15, 0.2) is 0 Å². The maximum Gasteiger partial charge on any atom is 0.124 e. The summed E-state index contributed by atoms with van der Waals surface area (Å²) in [6.07, 6.45) is 0. The first kappa shape index (κ1) is 15.2. The van der Waals surface area contributed by atoms with Crippen LogP contribution in [-0.4, -0.2) is 7.05 Å². The summed E-state index contributed by atoms with van der Waals surface area (Å²) in [5.41, 5.74) is 2.13. The van der Waals surface area contributed by atoms with Crippen molar-refractivity contribution in [3.8, 4) is 5.75 Å². The van der Waals surface area contributed by atoms with Gasteiger partial charge in [0.05, 0.1) is 0 Å². The normalized spacial score (nSPS) is 12.2. The lowest BCUT2D eigenvalue weighted by Gasteiger charge is -2.17. The smallest absolute Gasteiger partial charge is 0.124 e. The fraction of sp³-hybridized carbons (Fsp3) is 0.250. The molecule has 1 N–H and O–H groups in total. The fourth-order valence-corrected chi connectivity index (χ4v) is 2.19. The molecular weight excluding hydrogens is 293 g/mol. The van der Waals surface area contributed by atoms with E-state index in [1.807, 2.05) is 49.5 Å². The molecule has 2 aromatic carbocycles. The van der Waals surface area contributed by atoms with E-state index in [0.717, 1.165) is 21.9 Å². The number of hydrogen-bond acceptors (Lipinski definition) is 2. The van der Waals surface area contributed by atoms with Crippen LogP contribution in [0.2, 0.25) is 10.0 Å². The lowest BCUT2D eigenvalue weighted by Crippen LogP contribution is -2.13. The third-order valence-electron chi connectivity index (χ3n) is 3.18. The Hall–Kier alpha value is -1.22. The molecule has 106 valence electrons. The number of rotatable bonds is 5. The van der Waals surface area contributed by atoms with Crippen molar-refractivity contribution in [2.75, 3.05) is 7.05 Å². The average molecular weight is 310 g/mol. The van der Waals surface area contributed by atoms with Crippen LogP contribution in [-0.2, 0) is 6.61 Å². The van der Waals surface area contributed by atoms with Crippen LogP contribution < -0.4 is 10.1 Å². The molecule has 1 atom stereocenters. The van der Waals surface area contributed by atoms with E-state index in [9.17, 15) is 0 Å². The minimum Gasteiger partial charge on any atom is -0.489 e. The predicted molar refractivity (Wildman–Crippen MR) is 84.7 cm³/mol. The van der Waals surface area contributed by atoms with Gasteiger partial charge >= 0.3 is 0 Å². The van der Waals surface area contributed by atoms with Crippen LogP contribution in [0.1, 0.15) is 24.1 Å². The molecule has 2 rings (SSSR count). The van der Waals surface area contributed by atoms with Gasteiger partial charge in [-0.3, -0.25) is 0 Å². The first-order chi connectivity index (χ1) is 9.60. The fourth-order valence-electron chi connectivity index (χ4n) is 1.89. The van der Waals surface area contributed by atoms with Gasteiger partial charge in [0.1, 0.15) is 12.4 Å². The molecule has 0 fully saturated rings. The van der Waals surface area contributed by atoms with Crippen molar-refractivity contribution in [3.05, 3.63) is 63.6 Å². The average Bonchev–Trinajstić information content (AvgIpc) is 2.46. The van der Waals surface area contributed by atoms with Crippen LogP contribution >= 0.6 is 23.2 Å². The maximum atomic E-state index is 6.05. The van der Waals surface area contributed by atoms with E-state index in [1.54, 1.807) is 0 Å². The molecule has 0 radical (unpaired) electrons. The van der Waals surface area contributed by atoms with Crippen molar-refractivity contribution < 1.29 is 4.74 Å². The van der Waals surface area contributed by atoms with E-state index in [-0.39, 0.29) is 6.04 Å². The highest BCUT2D eigenvalue weighted by atomic mass is 35.5. The summed E-state index contributed by atoms with van der Waals surface area (Å²) >= 11 is 11.9. The van der Waals surface area contributed by atoms with Crippen molar-refractivity contribution >= 4 is 23.2 Å². The van der Waals surface area contributed by atoms with E-state index in [4.69, 9.17) is 27.9 Å². The highest BCUT2D eigenvalue weighted by Gasteiger charge is 2.11. The van der Waals surface area contributed by atoms with Crippen molar-refractivity contribution in [1.82, 2.24) is 5.32 Å². The van der Waals surface area contributed by atoms with E-state index in [2.05, 4.69) is 12.2 Å². The Morgan fingerprint density at radius 1 is 1.05 bits per heavy atom. The lowest BCUT2D eigenvalue weighted by atomic mass is 10.1. The molecule has 20 heavy (non-hydrogen) atoms. The summed E-state index contributed by atoms with van der Waals surface area (Å²) in [7, 11) is 1.91. The summed E-state index contributed by atoms with van der Waals surface area (Å²) in [5, 5.41) is 4.63. The van der Waals surface area contributed by atoms with E-state index in [1.165, 1.54) is 0 Å². The van der Waals surface area contributed by atoms with Gasteiger partial charge in [0.2, 0.25) is 0 Å². The number of halogens is 2. The Labute approximate surface area is 129 Å². The molecule has 0 heterocycles. The van der Waals surface area contributed by atoms with Crippen molar-refractivity contribution in [1.29, 1.82) is 0 Å². The molecular formula is C16H17Cl2NO. The number of ether oxygens (including phenoxy) is 1. The van der Waals surface area contributed by atoms with Gasteiger partial charge in [-0.2, -0.15) is 0 Å². The third-order valence-corrected chi connectivity index (χ3v) is 3.67. The van der Waals surface area contributed by atoms with Crippen molar-refractivity contribution in [2.24, 2.45) is 0 Å². The van der Waals surface area contributed by atoms with E-state index >= 15 is 0 Å². The van der Waals surface area contributed by atoms with Gasteiger partial charge < -0.3 is 10.1 Å². The van der Waals surface area contributed by atoms with Crippen LogP contribution in [0.5, 0.6) is 5.75 Å². The molecule has 0 saturated carbocycles. The van der Waals surface area contributed by atoms with Crippen LogP contribution in [0.3, 0.4) is 0 Å². The Morgan fingerprint density at radius 2 is 1.70 bits per heavy atom. The second kappa shape index (κ2) is 6.98. The molecule has 0 saturated heterocycles. The van der Waals surface area contributed by atoms with Gasteiger partial charge in [-0.15, -0.1) is 0 Å². The first-order valence-electron chi connectivity index (χ1n) is 6.44. The van der Waals surface area contributed by atoms with Crippen molar-refractivity contribution in [2.45, 2.75) is 19.6 Å². The minimum atomic E-state index is 0.175. The number of nitrogens with one attached hydrogen (secondary N) is 1. The molecule has 0 aliphatic heterocycles. The molecule has 0 spiro atoms. The zero-order chi connectivity index (χ0) is 14.5. The summed E-state index contributed by atoms with van der Waals surface area (Å²) in [6.45, 7) is 2.57. The van der Waals surface area contributed by atoms with E-state index < -0.39 is 0 Å². The summed E-state index contributed by atoms with van der Waals surface area (Å²) in [4.78, 5) is 0. The van der Waals surface area contributed by atoms with Crippen LogP contribution in [0.15, 0.2) is 42.5 Å². The van der Waals surface area contributed by atoms with Crippen molar-refractivity contribution in [3.63, 3.8) is 0 Å². The predicted octanol–water partition coefficient (Wildman–Crippen LogP) is 4.85. The number of hydrogen-bond donors (Lipinski definition) is 1. The molecule has 0 amide bonds. The molecule has 0 bridgehead atoms. The highest BCUT2D eigenvalue weighted by Crippen LogP contribution is 2.29. The largest absolute Gasteiger partial charge is 0.489 e. The SMILES string of the molecule is CNC(C)c1cc(Cl)ccc1OCc1ccc(Cl)cc1. The summed E-state index contributed by atoms with van der Waals surface area (Å²) in [5.74, 6) is 0.839. The summed E-state index contributed by atoms with van der Waals surface area (Å²) < 4.78 is 5.90. The Balaban J connectivity index is 2.14. The molecule has 0 aromatic heterocycles. The lowest BCUT2D eigenvalue weighted by molar-refractivity contribution is 0.300. The Kier molecular flexibility index (Phi) is 5.30. The third kappa shape index (κ3) is 3.89. The maximum absolute atomic E-state index is 6.05. The monoisotopic (exact) mass is 309 g/mol. The second-order valence-electron chi connectivity index (χ2n) is 4.61. The molecule has 1 unspecified atom stereocenters. The summed E-state index contributed by atoms with van der Waals surface area (Å²) in [6, 6.07) is 13.5. The molecule has 2 aromatic rings. The molecule has 0 aliphatic carbocycles. The highest BCUT2D eigenvalue weighted by molar-refractivity contribution is 6.30. The second-order valence-corrected chi connectivity index (χ2v) is 5.48. The van der Waals surface area contributed by atoms with Gasteiger partial charge in [-0.25, -0.2) is 0 Å². The van der Waals surface area contributed by atoms with Crippen LogP contribution in [0, 0.1) is 0 Å². The Morgan fingerprint density at radius 3 is 2.35 bits per heavy atom. The van der Waals surface area contributed by atoms with Crippen LogP contribution in [0.25, 0.3) is 0 Å². The number of benzene rings is 2. The molecule has 4 heteroatoms. The quantitative estimate of drug-likeness (QED) is 0.852. The van der Waals surface area contributed by atoms with E-state index in [0.29, 0.717) is 11.6 Å². The zero-order valence-electron chi connectivity index (χ0n) is 11.5. The standard InChI is InChI=1S/C16H17Cl2NO/c1-11(19-2)15-9-14(18)7-8-16(15)20-10-12-3-5-13(17)6-4-12/h3-9,11,19H,10H2,1-2H3. The minimum absolute atomic E-state index is 0.175. The van der Waals surface area contributed by atoms with Gasteiger partial charge in [-0.1, -0.05) is 35.3 Å². The van der Waals surface area contributed by atoms with Gasteiger partial charge in [0, 0.05) is 21.7 Å². The topological polar surface area (TPSA) is 21.3 Å². The van der Waals surface area contributed by atoms with Gasteiger partial charge in [-0.05, 0) is 49.9 Å². The first-order valence-corrected chi connectivity index (χ1v) is 7.19. The molecule has 0 aliphatic rings. The van der Waals surface area contributed by atoms with Crippen LogP contribution in [0.4, 0.5) is 0 Å². The zero-order valence-corrected chi connectivity index (χ0v) is 13.0. The Bertz CT molecular complexity index is 569.